The Morgan fingerprint density at radius 3 is 2.81 bits per heavy atom. The van der Waals surface area contributed by atoms with Gasteiger partial charge in [0.2, 0.25) is 0 Å². The van der Waals surface area contributed by atoms with Crippen LogP contribution in [0.25, 0.3) is 0 Å². The van der Waals surface area contributed by atoms with Crippen LogP contribution in [0.15, 0.2) is 41.8 Å². The van der Waals surface area contributed by atoms with E-state index in [0.29, 0.717) is 25.2 Å². The number of hydrogen-bond acceptors (Lipinski definition) is 4. The number of piperidine rings is 1. The van der Waals surface area contributed by atoms with Gasteiger partial charge in [-0.3, -0.25) is 9.59 Å². The van der Waals surface area contributed by atoms with E-state index in [9.17, 15) is 14.4 Å². The number of thiophene rings is 1. The zero-order valence-electron chi connectivity index (χ0n) is 15.2. The van der Waals surface area contributed by atoms with Gasteiger partial charge in [-0.15, -0.1) is 11.3 Å². The summed E-state index contributed by atoms with van der Waals surface area (Å²) in [5.41, 5.74) is 1.41. The van der Waals surface area contributed by atoms with Gasteiger partial charge in [0, 0.05) is 38.2 Å². The average Bonchev–Trinajstić information content (AvgIpc) is 3.26. The van der Waals surface area contributed by atoms with Crippen molar-refractivity contribution in [2.45, 2.75) is 19.4 Å². The zero-order chi connectivity index (χ0) is 19.2. The highest BCUT2D eigenvalue weighted by molar-refractivity contribution is 7.12. The van der Waals surface area contributed by atoms with E-state index in [2.05, 4.69) is 10.6 Å². The molecule has 3 rings (SSSR count). The summed E-state index contributed by atoms with van der Waals surface area (Å²) in [4.78, 5) is 39.3. The Morgan fingerprint density at radius 1 is 1.22 bits per heavy atom. The number of rotatable bonds is 5. The van der Waals surface area contributed by atoms with Gasteiger partial charge in [0.1, 0.15) is 0 Å². The normalized spacial score (nSPS) is 16.6. The molecule has 2 heterocycles. The van der Waals surface area contributed by atoms with Crippen LogP contribution < -0.4 is 10.6 Å². The fourth-order valence-electron chi connectivity index (χ4n) is 3.25. The van der Waals surface area contributed by atoms with Gasteiger partial charge in [-0.05, 0) is 42.0 Å². The summed E-state index contributed by atoms with van der Waals surface area (Å²) in [7, 11) is 1.58. The van der Waals surface area contributed by atoms with E-state index >= 15 is 0 Å². The average molecular weight is 385 g/mol. The number of ketones is 1. The van der Waals surface area contributed by atoms with Crippen molar-refractivity contribution in [3.05, 3.63) is 57.8 Å². The standard InChI is InChI=1S/C20H23N3O3S/c1-21-19(25)15-6-2-5-14(11-15)12-22-20(26)23-9-3-7-16(13-23)18(24)17-8-4-10-27-17/h2,4-6,8,10-11,16H,3,7,9,12-13H2,1H3,(H,21,25)(H,22,26)/t16-/m1/s1. The van der Waals surface area contributed by atoms with Crippen molar-refractivity contribution in [2.75, 3.05) is 20.1 Å². The van der Waals surface area contributed by atoms with Crippen LogP contribution in [0.5, 0.6) is 0 Å². The van der Waals surface area contributed by atoms with E-state index in [1.165, 1.54) is 11.3 Å². The van der Waals surface area contributed by atoms with E-state index in [4.69, 9.17) is 0 Å². The number of carbonyl (C=O) groups excluding carboxylic acids is 3. The fraction of sp³-hybridized carbons (Fsp3) is 0.350. The van der Waals surface area contributed by atoms with Crippen molar-refractivity contribution in [1.29, 1.82) is 0 Å². The van der Waals surface area contributed by atoms with E-state index in [1.807, 2.05) is 23.6 Å². The molecule has 1 aromatic heterocycles. The highest BCUT2D eigenvalue weighted by Gasteiger charge is 2.29. The number of likely N-dealkylation sites (tertiary alicyclic amines) is 1. The number of urea groups is 1. The Balaban J connectivity index is 1.56. The van der Waals surface area contributed by atoms with Gasteiger partial charge >= 0.3 is 6.03 Å². The molecule has 142 valence electrons. The van der Waals surface area contributed by atoms with Gasteiger partial charge in [-0.25, -0.2) is 4.79 Å². The lowest BCUT2D eigenvalue weighted by molar-refractivity contribution is 0.0849. The van der Waals surface area contributed by atoms with Crippen LogP contribution in [0.1, 0.15) is 38.4 Å². The Bertz CT molecular complexity index is 820. The molecule has 3 amide bonds. The summed E-state index contributed by atoms with van der Waals surface area (Å²) in [5, 5.41) is 7.38. The number of hydrogen-bond donors (Lipinski definition) is 2. The molecule has 0 radical (unpaired) electrons. The molecule has 1 aliphatic heterocycles. The lowest BCUT2D eigenvalue weighted by Crippen LogP contribution is -2.46. The first-order valence-corrected chi connectivity index (χ1v) is 9.88. The summed E-state index contributed by atoms with van der Waals surface area (Å²) >= 11 is 1.45. The molecule has 0 bridgehead atoms. The largest absolute Gasteiger partial charge is 0.355 e. The molecule has 1 saturated heterocycles. The molecule has 0 saturated carbocycles. The maximum absolute atomic E-state index is 12.6. The third-order valence-electron chi connectivity index (χ3n) is 4.70. The van der Waals surface area contributed by atoms with Gasteiger partial charge in [-0.1, -0.05) is 18.2 Å². The fourth-order valence-corrected chi connectivity index (χ4v) is 4.00. The van der Waals surface area contributed by atoms with Crippen molar-refractivity contribution in [3.63, 3.8) is 0 Å². The first kappa shape index (κ1) is 19.1. The van der Waals surface area contributed by atoms with Gasteiger partial charge in [0.25, 0.3) is 5.91 Å². The number of carbonyl (C=O) groups is 3. The van der Waals surface area contributed by atoms with Crippen molar-refractivity contribution < 1.29 is 14.4 Å². The summed E-state index contributed by atoms with van der Waals surface area (Å²) in [5.74, 6) is -0.172. The number of nitrogens with one attached hydrogen (secondary N) is 2. The second-order valence-corrected chi connectivity index (χ2v) is 7.51. The van der Waals surface area contributed by atoms with E-state index in [1.54, 1.807) is 30.1 Å². The van der Waals surface area contributed by atoms with Crippen LogP contribution in [0.2, 0.25) is 0 Å². The van der Waals surface area contributed by atoms with Gasteiger partial charge < -0.3 is 15.5 Å². The highest BCUT2D eigenvalue weighted by Crippen LogP contribution is 2.23. The van der Waals surface area contributed by atoms with Crippen LogP contribution in [0.4, 0.5) is 4.79 Å². The molecule has 0 aliphatic carbocycles. The molecular weight excluding hydrogens is 362 g/mol. The predicted octanol–water partition coefficient (Wildman–Crippen LogP) is 2.91. The molecular formula is C20H23N3O3S. The van der Waals surface area contributed by atoms with Crippen molar-refractivity contribution in [1.82, 2.24) is 15.5 Å². The van der Waals surface area contributed by atoms with Crippen LogP contribution in [-0.4, -0.2) is 42.8 Å². The number of amides is 3. The molecule has 1 atom stereocenters. The Hall–Kier alpha value is -2.67. The van der Waals surface area contributed by atoms with Crippen molar-refractivity contribution in [3.8, 4) is 0 Å². The zero-order valence-corrected chi connectivity index (χ0v) is 16.1. The quantitative estimate of drug-likeness (QED) is 0.777. The third kappa shape index (κ3) is 4.74. The monoisotopic (exact) mass is 385 g/mol. The lowest BCUT2D eigenvalue weighted by Gasteiger charge is -2.31. The SMILES string of the molecule is CNC(=O)c1cccc(CNC(=O)N2CCC[C@@H](C(=O)c3cccs3)C2)c1. The van der Waals surface area contributed by atoms with Crippen LogP contribution >= 0.6 is 11.3 Å². The minimum atomic E-state index is -0.177. The maximum Gasteiger partial charge on any atom is 0.317 e. The first-order chi connectivity index (χ1) is 13.1. The molecule has 1 aromatic carbocycles. The summed E-state index contributed by atoms with van der Waals surface area (Å²) in [6, 6.07) is 10.7. The molecule has 0 unspecified atom stereocenters. The van der Waals surface area contributed by atoms with Crippen molar-refractivity contribution in [2.24, 2.45) is 5.92 Å². The second-order valence-electron chi connectivity index (χ2n) is 6.56. The topological polar surface area (TPSA) is 78.5 Å². The Morgan fingerprint density at radius 2 is 2.07 bits per heavy atom. The number of benzene rings is 1. The Labute approximate surface area is 162 Å². The highest BCUT2D eigenvalue weighted by atomic mass is 32.1. The molecule has 2 N–H and O–H groups in total. The van der Waals surface area contributed by atoms with Crippen LogP contribution in [-0.2, 0) is 6.54 Å². The van der Waals surface area contributed by atoms with Gasteiger partial charge in [-0.2, -0.15) is 0 Å². The van der Waals surface area contributed by atoms with E-state index < -0.39 is 0 Å². The molecule has 27 heavy (non-hydrogen) atoms. The molecule has 2 aromatic rings. The number of nitrogens with zero attached hydrogens (tertiary/aromatic N) is 1. The van der Waals surface area contributed by atoms with E-state index in [0.717, 1.165) is 23.3 Å². The molecule has 6 nitrogen and oxygen atoms in total. The van der Waals surface area contributed by atoms with Gasteiger partial charge in [0.15, 0.2) is 5.78 Å². The van der Waals surface area contributed by atoms with Crippen LogP contribution in [0.3, 0.4) is 0 Å². The number of Topliss-reactive ketones (excluding diaryl/α,β-unsaturated/α-hetero) is 1. The minimum absolute atomic E-state index is 0.126. The molecule has 1 fully saturated rings. The van der Waals surface area contributed by atoms with Crippen LogP contribution in [0, 0.1) is 5.92 Å². The van der Waals surface area contributed by atoms with Gasteiger partial charge in [0.05, 0.1) is 4.88 Å². The van der Waals surface area contributed by atoms with Crippen molar-refractivity contribution >= 4 is 29.1 Å². The predicted molar refractivity (Wildman–Crippen MR) is 105 cm³/mol. The summed E-state index contributed by atoms with van der Waals surface area (Å²) in [6.07, 6.45) is 1.63. The minimum Gasteiger partial charge on any atom is -0.355 e. The molecule has 7 heteroatoms. The first-order valence-electron chi connectivity index (χ1n) is 9.00. The smallest absolute Gasteiger partial charge is 0.317 e. The molecule has 0 spiro atoms. The lowest BCUT2D eigenvalue weighted by atomic mass is 9.93. The Kier molecular flexibility index (Phi) is 6.24. The third-order valence-corrected chi connectivity index (χ3v) is 5.59. The second kappa shape index (κ2) is 8.81. The maximum atomic E-state index is 12.6. The van der Waals surface area contributed by atoms with E-state index in [-0.39, 0.29) is 23.6 Å². The summed E-state index contributed by atoms with van der Waals surface area (Å²) < 4.78 is 0. The summed E-state index contributed by atoms with van der Waals surface area (Å²) in [6.45, 7) is 1.43. The molecule has 1 aliphatic rings.